The van der Waals surface area contributed by atoms with Gasteiger partial charge < -0.3 is 22.7 Å². The minimum Gasteiger partial charge on any atom is -0.400 e. The molecule has 0 bridgehead atoms. The van der Waals surface area contributed by atoms with E-state index in [9.17, 15) is 26.7 Å². The number of piperidine rings is 1. The number of pyridine rings is 2. The molecule has 13 heteroatoms. The zero-order chi connectivity index (χ0) is 24.1. The molecule has 0 spiro atoms. The Morgan fingerprint density at radius 2 is 1.91 bits per heavy atom. The smallest absolute Gasteiger partial charge is 0.400 e. The number of nitrogens with one attached hydrogen (secondary N) is 1. The van der Waals surface area contributed by atoms with Gasteiger partial charge in [0.15, 0.2) is 0 Å². The van der Waals surface area contributed by atoms with Crippen molar-refractivity contribution in [2.45, 2.75) is 30.5 Å². The maximum atomic E-state index is 13.8. The van der Waals surface area contributed by atoms with Crippen LogP contribution in [0.5, 0.6) is 0 Å². The summed E-state index contributed by atoms with van der Waals surface area (Å²) < 4.78 is 67.3. The number of carbonyl (C=O) groups is 1. The SMILES string of the molecule is CO.CSc1cc(NC(=O)c2cc(C(F)(F)F)cnc2N2CCC(F)(F)C(C)C2)ccn1.[CH3-].[Cs+]. The van der Waals surface area contributed by atoms with Gasteiger partial charge in [-0.05, 0) is 24.5 Å². The number of thioether (sulfide) groups is 1. The number of aliphatic hydroxyl groups is 1. The Kier molecular flexibility index (Phi) is 14.2. The number of aromatic nitrogens is 2. The Morgan fingerprint density at radius 3 is 2.47 bits per heavy atom. The topological polar surface area (TPSA) is 78.3 Å². The van der Waals surface area contributed by atoms with E-state index in [0.29, 0.717) is 23.0 Å². The van der Waals surface area contributed by atoms with E-state index in [0.717, 1.165) is 7.11 Å². The zero-order valence-electron chi connectivity index (χ0n) is 19.6. The number of nitrogens with zero attached hydrogens (tertiary/aromatic N) is 3. The monoisotopic (exact) mass is 626 g/mol. The summed E-state index contributed by atoms with van der Waals surface area (Å²) in [6, 6.07) is 3.78. The normalized spacial score (nSPS) is 16.9. The molecule has 3 heterocycles. The van der Waals surface area contributed by atoms with Crippen molar-refractivity contribution >= 4 is 29.2 Å². The van der Waals surface area contributed by atoms with Gasteiger partial charge in [0.05, 0.1) is 16.2 Å². The molecule has 1 atom stereocenters. The van der Waals surface area contributed by atoms with Crippen LogP contribution in [0.25, 0.3) is 0 Å². The number of hydrogen-bond donors (Lipinski definition) is 2. The molecule has 0 saturated carbocycles. The third kappa shape index (κ3) is 8.61. The Balaban J connectivity index is 0.00000265. The van der Waals surface area contributed by atoms with Gasteiger partial charge >= 0.3 is 75.1 Å². The number of halogens is 5. The van der Waals surface area contributed by atoms with E-state index in [-0.39, 0.29) is 101 Å². The fourth-order valence-corrected chi connectivity index (χ4v) is 3.52. The Morgan fingerprint density at radius 1 is 1.26 bits per heavy atom. The number of carbonyl (C=O) groups excluding carboxylic acids is 1. The summed E-state index contributed by atoms with van der Waals surface area (Å²) >= 11 is 1.33. The minimum atomic E-state index is -4.70. The quantitative estimate of drug-likeness (QED) is 0.308. The van der Waals surface area contributed by atoms with Crippen molar-refractivity contribution in [2.75, 3.05) is 36.7 Å². The molecule has 2 aromatic rings. The maximum Gasteiger partial charge on any atom is 1.00 e. The van der Waals surface area contributed by atoms with Crippen LogP contribution in [0.1, 0.15) is 29.3 Å². The molecule has 1 amide bonds. The van der Waals surface area contributed by atoms with Crippen molar-refractivity contribution in [3.63, 3.8) is 0 Å². The third-order valence-electron chi connectivity index (χ3n) is 4.87. The standard InChI is InChI=1S/C19H19F5N4OS.CH4O.CH3.Cs/c1-11-10-28(6-4-18(11,20)21)16-14(7-12(9-26-16)19(22,23)24)17(29)27-13-3-5-25-15(8-13)30-2;1-2;;/h3,5,7-9,11H,4,6,10H2,1-2H3,(H,25,27,29);2H,1H3;1H3;/q;;-1;+1. The largest absolute Gasteiger partial charge is 1.00 e. The van der Waals surface area contributed by atoms with Gasteiger partial charge in [-0.15, -0.1) is 11.8 Å². The predicted octanol–water partition coefficient (Wildman–Crippen LogP) is 2.01. The average molecular weight is 626 g/mol. The number of hydrogen-bond acceptors (Lipinski definition) is 6. The van der Waals surface area contributed by atoms with Crippen LogP contribution in [0, 0.1) is 13.3 Å². The van der Waals surface area contributed by atoms with Gasteiger partial charge in [-0.2, -0.15) is 13.2 Å². The first kappa shape index (κ1) is 33.6. The van der Waals surface area contributed by atoms with Crippen molar-refractivity contribution in [2.24, 2.45) is 5.92 Å². The van der Waals surface area contributed by atoms with E-state index in [2.05, 4.69) is 15.3 Å². The second kappa shape index (κ2) is 14.4. The van der Waals surface area contributed by atoms with Gasteiger partial charge in [-0.3, -0.25) is 4.79 Å². The van der Waals surface area contributed by atoms with Gasteiger partial charge in [0.2, 0.25) is 0 Å². The molecule has 0 radical (unpaired) electrons. The van der Waals surface area contributed by atoms with Crippen LogP contribution in [0.15, 0.2) is 35.6 Å². The molecule has 34 heavy (non-hydrogen) atoms. The average Bonchev–Trinajstić information content (AvgIpc) is 2.76. The first-order valence-electron chi connectivity index (χ1n) is 9.47. The molecule has 1 saturated heterocycles. The predicted molar refractivity (Wildman–Crippen MR) is 119 cm³/mol. The molecule has 1 aliphatic rings. The molecule has 1 aliphatic heterocycles. The minimum absolute atomic E-state index is 0. The summed E-state index contributed by atoms with van der Waals surface area (Å²) in [5.74, 6) is -4.78. The molecular formula is C21H26CsF5N4O2S. The Hall–Kier alpha value is -0.418. The molecule has 0 aromatic carbocycles. The summed E-state index contributed by atoms with van der Waals surface area (Å²) in [6.45, 7) is 1.11. The zero-order valence-corrected chi connectivity index (χ0v) is 26.7. The van der Waals surface area contributed by atoms with E-state index in [4.69, 9.17) is 5.11 Å². The fraction of sp³-hybridized carbons (Fsp3) is 0.429. The molecule has 1 fully saturated rings. The van der Waals surface area contributed by atoms with Crippen LogP contribution in [0.3, 0.4) is 0 Å². The summed E-state index contributed by atoms with van der Waals surface area (Å²) in [6.07, 6.45) is -1.32. The number of anilines is 2. The van der Waals surface area contributed by atoms with Crippen molar-refractivity contribution in [3.05, 3.63) is 49.1 Å². The van der Waals surface area contributed by atoms with Crippen LogP contribution in [-0.2, 0) is 6.18 Å². The molecule has 2 aromatic heterocycles. The first-order chi connectivity index (χ1) is 15.0. The number of rotatable bonds is 4. The number of aliphatic hydroxyl groups excluding tert-OH is 1. The van der Waals surface area contributed by atoms with E-state index < -0.39 is 35.9 Å². The van der Waals surface area contributed by atoms with Gasteiger partial charge in [-0.1, -0.05) is 6.92 Å². The first-order valence-corrected chi connectivity index (χ1v) is 10.7. The van der Waals surface area contributed by atoms with Crippen molar-refractivity contribution in [1.29, 1.82) is 0 Å². The molecular weight excluding hydrogens is 600 g/mol. The Labute approximate surface area is 258 Å². The molecule has 2 N–H and O–H groups in total. The molecule has 6 nitrogen and oxygen atoms in total. The summed E-state index contributed by atoms with van der Waals surface area (Å²) in [5.41, 5.74) is -1.07. The third-order valence-corrected chi connectivity index (χ3v) is 5.51. The summed E-state index contributed by atoms with van der Waals surface area (Å²) in [5, 5.41) is 10.2. The van der Waals surface area contributed by atoms with Crippen molar-refractivity contribution < 1.29 is 101 Å². The van der Waals surface area contributed by atoms with E-state index in [1.54, 1.807) is 12.3 Å². The van der Waals surface area contributed by atoms with Crippen LogP contribution in [0.4, 0.5) is 33.5 Å². The number of alkyl halides is 5. The maximum absolute atomic E-state index is 13.8. The second-order valence-electron chi connectivity index (χ2n) is 6.99. The van der Waals surface area contributed by atoms with Crippen LogP contribution in [0.2, 0.25) is 0 Å². The van der Waals surface area contributed by atoms with E-state index in [1.807, 2.05) is 0 Å². The molecule has 3 rings (SSSR count). The fourth-order valence-electron chi connectivity index (χ4n) is 3.11. The molecule has 1 unspecified atom stereocenters. The summed E-state index contributed by atoms with van der Waals surface area (Å²) in [7, 11) is 1.00. The van der Waals surface area contributed by atoms with Crippen LogP contribution < -0.4 is 79.1 Å². The van der Waals surface area contributed by atoms with Crippen LogP contribution in [-0.4, -0.2) is 53.4 Å². The Bertz CT molecular complexity index is 950. The van der Waals surface area contributed by atoms with Gasteiger partial charge in [0.1, 0.15) is 5.82 Å². The number of amides is 1. The van der Waals surface area contributed by atoms with Crippen molar-refractivity contribution in [3.8, 4) is 0 Å². The van der Waals surface area contributed by atoms with Crippen molar-refractivity contribution in [1.82, 2.24) is 9.97 Å². The van der Waals surface area contributed by atoms with Gasteiger partial charge in [0.25, 0.3) is 11.8 Å². The second-order valence-corrected chi connectivity index (χ2v) is 7.82. The molecule has 184 valence electrons. The van der Waals surface area contributed by atoms with Crippen LogP contribution >= 0.6 is 11.8 Å². The molecule has 0 aliphatic carbocycles. The summed E-state index contributed by atoms with van der Waals surface area (Å²) in [4.78, 5) is 22.2. The van der Waals surface area contributed by atoms with Gasteiger partial charge in [-0.25, -0.2) is 18.7 Å². The van der Waals surface area contributed by atoms with E-state index >= 15 is 0 Å². The van der Waals surface area contributed by atoms with Gasteiger partial charge in [0, 0.05) is 50.6 Å². The van der Waals surface area contributed by atoms with E-state index in [1.165, 1.54) is 35.8 Å².